The molecule has 0 fully saturated rings. The second kappa shape index (κ2) is 9.58. The quantitative estimate of drug-likeness (QED) is 0.443. The highest BCUT2D eigenvalue weighted by atomic mass is 32.2. The summed E-state index contributed by atoms with van der Waals surface area (Å²) in [6, 6.07) is 9.03. The zero-order valence-corrected chi connectivity index (χ0v) is 18.1. The molecule has 0 saturated carbocycles. The zero-order chi connectivity index (χ0) is 21.7. The van der Waals surface area contributed by atoms with Gasteiger partial charge in [0.25, 0.3) is 5.91 Å². The average molecular weight is 426 g/mol. The number of para-hydroxylation sites is 1. The van der Waals surface area contributed by atoms with Gasteiger partial charge < -0.3 is 14.6 Å². The molecule has 0 unspecified atom stereocenters. The number of nitrogens with one attached hydrogen (secondary N) is 1. The minimum atomic E-state index is -0.596. The molecule has 0 bridgehead atoms. The van der Waals surface area contributed by atoms with Crippen LogP contribution in [0.5, 0.6) is 0 Å². The molecular formula is C22H23N3O4S. The molecule has 1 aromatic carbocycles. The molecule has 0 aliphatic carbocycles. The molecule has 3 rings (SSSR count). The number of aromatic nitrogens is 2. The Morgan fingerprint density at radius 3 is 2.50 bits per heavy atom. The predicted molar refractivity (Wildman–Crippen MR) is 115 cm³/mol. The van der Waals surface area contributed by atoms with Crippen LogP contribution in [0.4, 0.5) is 5.69 Å². The standard InChI is InChI=1S/C22H23N3O4S/c1-13-7-5-8-14(2)20(13)24-19(26)11-28-22(27)17-9-6-10-23-21(17)30-12-18-15(3)25-29-16(18)4/h5-10H,11-12H2,1-4H3,(H,24,26). The van der Waals surface area contributed by atoms with Crippen molar-refractivity contribution in [1.29, 1.82) is 0 Å². The third kappa shape index (κ3) is 5.07. The van der Waals surface area contributed by atoms with Gasteiger partial charge in [0, 0.05) is 23.2 Å². The smallest absolute Gasteiger partial charge is 0.341 e. The van der Waals surface area contributed by atoms with Crippen LogP contribution in [-0.4, -0.2) is 28.6 Å². The Hall–Kier alpha value is -3.13. The van der Waals surface area contributed by atoms with Gasteiger partial charge in [0.1, 0.15) is 10.8 Å². The number of esters is 1. The van der Waals surface area contributed by atoms with Crippen LogP contribution in [-0.2, 0) is 15.3 Å². The Kier molecular flexibility index (Phi) is 6.89. The summed E-state index contributed by atoms with van der Waals surface area (Å²) in [6.45, 7) is 7.15. The van der Waals surface area contributed by atoms with E-state index in [2.05, 4.69) is 15.5 Å². The van der Waals surface area contributed by atoms with E-state index in [1.807, 2.05) is 45.9 Å². The number of nitrogens with zero attached hydrogens (tertiary/aromatic N) is 2. The molecule has 0 aliphatic heterocycles. The molecule has 2 heterocycles. The maximum atomic E-state index is 12.6. The number of hydrogen-bond acceptors (Lipinski definition) is 7. The van der Waals surface area contributed by atoms with E-state index < -0.39 is 11.9 Å². The monoisotopic (exact) mass is 425 g/mol. The number of aryl methyl sites for hydroxylation is 4. The van der Waals surface area contributed by atoms with Crippen LogP contribution in [0.1, 0.15) is 38.5 Å². The van der Waals surface area contributed by atoms with E-state index in [9.17, 15) is 9.59 Å². The Labute approximate surface area is 179 Å². The minimum Gasteiger partial charge on any atom is -0.452 e. The maximum Gasteiger partial charge on any atom is 0.341 e. The van der Waals surface area contributed by atoms with E-state index in [1.165, 1.54) is 11.8 Å². The lowest BCUT2D eigenvalue weighted by atomic mass is 10.1. The topological polar surface area (TPSA) is 94.3 Å². The van der Waals surface area contributed by atoms with Gasteiger partial charge in [-0.25, -0.2) is 9.78 Å². The third-order valence-electron chi connectivity index (χ3n) is 4.61. The van der Waals surface area contributed by atoms with Crippen LogP contribution >= 0.6 is 11.8 Å². The van der Waals surface area contributed by atoms with E-state index in [-0.39, 0.29) is 6.61 Å². The molecule has 0 aliphatic rings. The van der Waals surface area contributed by atoms with Crippen LogP contribution in [0, 0.1) is 27.7 Å². The van der Waals surface area contributed by atoms with E-state index >= 15 is 0 Å². The van der Waals surface area contributed by atoms with Crippen LogP contribution < -0.4 is 5.32 Å². The van der Waals surface area contributed by atoms with Gasteiger partial charge in [0.05, 0.1) is 11.3 Å². The number of ether oxygens (including phenoxy) is 1. The Morgan fingerprint density at radius 1 is 1.10 bits per heavy atom. The van der Waals surface area contributed by atoms with Crippen LogP contribution in [0.3, 0.4) is 0 Å². The van der Waals surface area contributed by atoms with Crippen LogP contribution in [0.25, 0.3) is 0 Å². The summed E-state index contributed by atoms with van der Waals surface area (Å²) >= 11 is 1.39. The fourth-order valence-corrected chi connectivity index (χ4v) is 4.04. The molecule has 1 amide bonds. The van der Waals surface area contributed by atoms with Crippen LogP contribution in [0.2, 0.25) is 0 Å². The third-order valence-corrected chi connectivity index (χ3v) is 5.64. The SMILES string of the molecule is Cc1cccc(C)c1NC(=O)COC(=O)c1cccnc1SCc1c(C)noc1C. The lowest BCUT2D eigenvalue weighted by Gasteiger charge is -2.12. The largest absolute Gasteiger partial charge is 0.452 e. The first-order valence-corrected chi connectivity index (χ1v) is 10.4. The van der Waals surface area contributed by atoms with E-state index in [0.29, 0.717) is 16.3 Å². The van der Waals surface area contributed by atoms with Crippen molar-refractivity contribution in [3.63, 3.8) is 0 Å². The van der Waals surface area contributed by atoms with Gasteiger partial charge in [0.2, 0.25) is 0 Å². The zero-order valence-electron chi connectivity index (χ0n) is 17.3. The molecule has 0 spiro atoms. The number of carbonyl (C=O) groups is 2. The molecule has 156 valence electrons. The summed E-state index contributed by atoms with van der Waals surface area (Å²) in [4.78, 5) is 29.1. The lowest BCUT2D eigenvalue weighted by Crippen LogP contribution is -2.22. The second-order valence-electron chi connectivity index (χ2n) is 6.84. The first-order chi connectivity index (χ1) is 14.4. The van der Waals surface area contributed by atoms with Gasteiger partial charge in [-0.3, -0.25) is 4.79 Å². The molecule has 0 atom stereocenters. The van der Waals surface area contributed by atoms with Crippen molar-refractivity contribution >= 4 is 29.3 Å². The molecule has 3 aromatic rings. The van der Waals surface area contributed by atoms with Crippen molar-refractivity contribution in [2.45, 2.75) is 38.5 Å². The van der Waals surface area contributed by atoms with E-state index in [0.717, 1.165) is 33.8 Å². The highest BCUT2D eigenvalue weighted by molar-refractivity contribution is 7.98. The highest BCUT2D eigenvalue weighted by Gasteiger charge is 2.18. The number of amides is 1. The summed E-state index contributed by atoms with van der Waals surface area (Å²) in [7, 11) is 0. The van der Waals surface area contributed by atoms with Crippen molar-refractivity contribution in [3.05, 3.63) is 70.2 Å². The molecule has 1 N–H and O–H groups in total. The number of benzene rings is 1. The van der Waals surface area contributed by atoms with Gasteiger partial charge in [-0.15, -0.1) is 11.8 Å². The minimum absolute atomic E-state index is 0.314. The maximum absolute atomic E-state index is 12.6. The van der Waals surface area contributed by atoms with Gasteiger partial charge in [-0.05, 0) is 51.0 Å². The Morgan fingerprint density at radius 2 is 1.83 bits per heavy atom. The van der Waals surface area contributed by atoms with Gasteiger partial charge in [-0.2, -0.15) is 0 Å². The summed E-state index contributed by atoms with van der Waals surface area (Å²) in [5.41, 5.74) is 4.71. The average Bonchev–Trinajstić information content (AvgIpc) is 3.05. The number of carbonyl (C=O) groups excluding carboxylic acids is 2. The summed E-state index contributed by atoms with van der Waals surface area (Å²) < 4.78 is 10.4. The molecular weight excluding hydrogens is 402 g/mol. The van der Waals surface area contributed by atoms with E-state index in [4.69, 9.17) is 9.26 Å². The number of rotatable bonds is 7. The lowest BCUT2D eigenvalue weighted by molar-refractivity contribution is -0.119. The number of hydrogen-bond donors (Lipinski definition) is 1. The van der Waals surface area contributed by atoms with Gasteiger partial charge >= 0.3 is 5.97 Å². The van der Waals surface area contributed by atoms with Crippen molar-refractivity contribution < 1.29 is 18.8 Å². The molecule has 7 nitrogen and oxygen atoms in total. The summed E-state index contributed by atoms with van der Waals surface area (Å²) in [5, 5.41) is 7.26. The number of anilines is 1. The van der Waals surface area contributed by atoms with E-state index in [1.54, 1.807) is 18.3 Å². The van der Waals surface area contributed by atoms with Crippen molar-refractivity contribution in [1.82, 2.24) is 10.1 Å². The molecule has 30 heavy (non-hydrogen) atoms. The Balaban J connectivity index is 1.62. The molecule has 2 aromatic heterocycles. The first kappa shape index (κ1) is 21.6. The first-order valence-electron chi connectivity index (χ1n) is 9.39. The molecule has 0 radical (unpaired) electrons. The fourth-order valence-electron chi connectivity index (χ4n) is 2.91. The normalized spacial score (nSPS) is 10.7. The van der Waals surface area contributed by atoms with Crippen molar-refractivity contribution in [2.75, 3.05) is 11.9 Å². The summed E-state index contributed by atoms with van der Waals surface area (Å²) in [6.07, 6.45) is 1.61. The van der Waals surface area contributed by atoms with Gasteiger partial charge in [-0.1, -0.05) is 23.4 Å². The van der Waals surface area contributed by atoms with Crippen LogP contribution in [0.15, 0.2) is 46.1 Å². The van der Waals surface area contributed by atoms with Crippen molar-refractivity contribution in [2.24, 2.45) is 0 Å². The fraction of sp³-hybridized carbons (Fsp3) is 0.273. The summed E-state index contributed by atoms with van der Waals surface area (Å²) in [5.74, 6) is 0.310. The molecule has 0 saturated heterocycles. The highest BCUT2D eigenvalue weighted by Crippen LogP contribution is 2.27. The number of thioether (sulfide) groups is 1. The van der Waals surface area contributed by atoms with Gasteiger partial charge in [0.15, 0.2) is 6.61 Å². The number of pyridine rings is 1. The van der Waals surface area contributed by atoms with Crippen molar-refractivity contribution in [3.8, 4) is 0 Å². The Bertz CT molecular complexity index is 1040. The second-order valence-corrected chi connectivity index (χ2v) is 7.80. The molecule has 8 heteroatoms. The predicted octanol–water partition coefficient (Wildman–Crippen LogP) is 4.39.